The number of rotatable bonds is 1. The summed E-state index contributed by atoms with van der Waals surface area (Å²) in [6, 6.07) is 5.00. The highest BCUT2D eigenvalue weighted by Crippen LogP contribution is 2.22. The van der Waals surface area contributed by atoms with Crippen LogP contribution in [0.1, 0.15) is 4.88 Å². The SMILES string of the molecule is N#Cc1ccc(N=O)s1. The van der Waals surface area contributed by atoms with Crippen molar-refractivity contribution in [1.29, 1.82) is 5.26 Å². The third-order valence-corrected chi connectivity index (χ3v) is 1.66. The van der Waals surface area contributed by atoms with Crippen LogP contribution in [-0.4, -0.2) is 0 Å². The molecule has 1 aromatic heterocycles. The molecule has 0 aliphatic carbocycles. The van der Waals surface area contributed by atoms with Gasteiger partial charge in [-0.1, -0.05) is 0 Å². The second kappa shape index (κ2) is 2.37. The molecule has 0 unspecified atom stereocenters. The third kappa shape index (κ3) is 1.12. The molecule has 3 nitrogen and oxygen atoms in total. The van der Waals surface area contributed by atoms with Gasteiger partial charge in [0.15, 0.2) is 5.00 Å². The first-order chi connectivity index (χ1) is 4.36. The van der Waals surface area contributed by atoms with Gasteiger partial charge in [0, 0.05) is 0 Å². The van der Waals surface area contributed by atoms with Gasteiger partial charge < -0.3 is 0 Å². The number of thiophene rings is 1. The van der Waals surface area contributed by atoms with Crippen LogP contribution in [0, 0.1) is 16.2 Å². The van der Waals surface area contributed by atoms with Gasteiger partial charge in [0.1, 0.15) is 10.9 Å². The molecule has 1 rings (SSSR count). The van der Waals surface area contributed by atoms with E-state index in [9.17, 15) is 4.91 Å². The highest BCUT2D eigenvalue weighted by atomic mass is 32.1. The van der Waals surface area contributed by atoms with E-state index in [1.165, 1.54) is 6.07 Å². The number of nitrogens with zero attached hydrogens (tertiary/aromatic N) is 2. The topological polar surface area (TPSA) is 53.2 Å². The summed E-state index contributed by atoms with van der Waals surface area (Å²) in [5, 5.41) is 11.3. The van der Waals surface area contributed by atoms with Gasteiger partial charge in [0.25, 0.3) is 0 Å². The van der Waals surface area contributed by atoms with Crippen molar-refractivity contribution in [3.63, 3.8) is 0 Å². The van der Waals surface area contributed by atoms with Crippen LogP contribution in [0.15, 0.2) is 17.3 Å². The zero-order valence-electron chi connectivity index (χ0n) is 4.37. The average Bonchev–Trinajstić information content (AvgIpc) is 2.34. The molecule has 0 amide bonds. The molecule has 0 N–H and O–H groups in total. The highest BCUT2D eigenvalue weighted by molar-refractivity contribution is 7.16. The second-order valence-corrected chi connectivity index (χ2v) is 2.40. The molecule has 0 saturated carbocycles. The lowest BCUT2D eigenvalue weighted by Crippen LogP contribution is -1.50. The summed E-state index contributed by atoms with van der Waals surface area (Å²) < 4.78 is 0. The van der Waals surface area contributed by atoms with E-state index >= 15 is 0 Å². The summed E-state index contributed by atoms with van der Waals surface area (Å²) in [7, 11) is 0. The Morgan fingerprint density at radius 3 is 2.78 bits per heavy atom. The largest absolute Gasteiger partial charge is 0.192 e. The van der Waals surface area contributed by atoms with Gasteiger partial charge in [0.2, 0.25) is 0 Å². The lowest BCUT2D eigenvalue weighted by atomic mass is 10.5. The van der Waals surface area contributed by atoms with Crippen LogP contribution in [0.3, 0.4) is 0 Å². The Morgan fingerprint density at radius 1 is 1.67 bits per heavy atom. The zero-order valence-corrected chi connectivity index (χ0v) is 5.18. The minimum absolute atomic E-state index is 0.353. The molecule has 0 radical (unpaired) electrons. The third-order valence-electron chi connectivity index (χ3n) is 0.792. The lowest BCUT2D eigenvalue weighted by molar-refractivity contribution is 1.52. The van der Waals surface area contributed by atoms with Crippen molar-refractivity contribution < 1.29 is 0 Å². The Balaban J connectivity index is 3.03. The van der Waals surface area contributed by atoms with E-state index in [1.807, 2.05) is 6.07 Å². The normalized spacial score (nSPS) is 8.33. The van der Waals surface area contributed by atoms with Gasteiger partial charge in [0.05, 0.1) is 0 Å². The molecule has 0 aliphatic heterocycles. The van der Waals surface area contributed by atoms with Crippen molar-refractivity contribution in [3.8, 4) is 6.07 Å². The summed E-state index contributed by atoms with van der Waals surface area (Å²) in [4.78, 5) is 10.3. The summed E-state index contributed by atoms with van der Waals surface area (Å²) >= 11 is 1.09. The van der Waals surface area contributed by atoms with Crippen LogP contribution < -0.4 is 0 Å². The van der Waals surface area contributed by atoms with Crippen molar-refractivity contribution in [2.45, 2.75) is 0 Å². The molecule has 0 aliphatic rings. The minimum atomic E-state index is 0.353. The minimum Gasteiger partial charge on any atom is -0.192 e. The maximum Gasteiger partial charge on any atom is 0.162 e. The van der Waals surface area contributed by atoms with Crippen molar-refractivity contribution in [3.05, 3.63) is 21.9 Å². The van der Waals surface area contributed by atoms with Gasteiger partial charge in [-0.15, -0.1) is 16.2 Å². The fraction of sp³-hybridized carbons (Fsp3) is 0. The second-order valence-electron chi connectivity index (χ2n) is 1.34. The molecule has 1 aromatic rings. The molecule has 0 aromatic carbocycles. The summed E-state index contributed by atoms with van der Waals surface area (Å²) in [6.07, 6.45) is 0. The highest BCUT2D eigenvalue weighted by Gasteiger charge is 1.95. The monoisotopic (exact) mass is 138 g/mol. The summed E-state index contributed by atoms with van der Waals surface area (Å²) in [6.45, 7) is 0. The van der Waals surface area contributed by atoms with Crippen molar-refractivity contribution in [2.75, 3.05) is 0 Å². The fourth-order valence-electron chi connectivity index (χ4n) is 0.437. The Morgan fingerprint density at radius 2 is 2.44 bits per heavy atom. The first kappa shape index (κ1) is 5.92. The molecule has 0 saturated heterocycles. The maximum absolute atomic E-state index is 9.79. The first-order valence-corrected chi connectivity index (χ1v) is 3.02. The summed E-state index contributed by atoms with van der Waals surface area (Å²) in [5.41, 5.74) is 0. The van der Waals surface area contributed by atoms with Crippen LogP contribution in [0.2, 0.25) is 0 Å². The van der Waals surface area contributed by atoms with E-state index < -0.39 is 0 Å². The maximum atomic E-state index is 9.79. The van der Waals surface area contributed by atoms with Gasteiger partial charge in [-0.05, 0) is 17.3 Å². The van der Waals surface area contributed by atoms with Gasteiger partial charge in [-0.3, -0.25) is 0 Å². The van der Waals surface area contributed by atoms with E-state index in [2.05, 4.69) is 5.18 Å². The molecule has 9 heavy (non-hydrogen) atoms. The predicted molar refractivity (Wildman–Crippen MR) is 34.5 cm³/mol. The zero-order chi connectivity index (χ0) is 6.69. The standard InChI is InChI=1S/C5H2N2OS/c6-3-4-1-2-5(7-8)9-4/h1-2H. The number of nitriles is 1. The van der Waals surface area contributed by atoms with Gasteiger partial charge in [-0.25, -0.2) is 0 Å². The molecule has 4 heteroatoms. The molecular weight excluding hydrogens is 136 g/mol. The van der Waals surface area contributed by atoms with E-state index in [-0.39, 0.29) is 0 Å². The number of hydrogen-bond acceptors (Lipinski definition) is 4. The van der Waals surface area contributed by atoms with E-state index in [0.717, 1.165) is 11.3 Å². The van der Waals surface area contributed by atoms with Crippen molar-refractivity contribution in [1.82, 2.24) is 0 Å². The Labute approximate surface area is 55.5 Å². The molecule has 0 fully saturated rings. The number of hydrogen-bond donors (Lipinski definition) is 0. The van der Waals surface area contributed by atoms with Crippen LogP contribution in [-0.2, 0) is 0 Å². The van der Waals surface area contributed by atoms with Crippen molar-refractivity contribution in [2.24, 2.45) is 5.18 Å². The van der Waals surface area contributed by atoms with Gasteiger partial charge in [-0.2, -0.15) is 5.26 Å². The molecule has 44 valence electrons. The van der Waals surface area contributed by atoms with Crippen LogP contribution >= 0.6 is 11.3 Å². The molecule has 0 bridgehead atoms. The molecular formula is C5H2N2OS. The number of nitroso groups, excluding NO2 is 1. The van der Waals surface area contributed by atoms with Gasteiger partial charge >= 0.3 is 0 Å². The van der Waals surface area contributed by atoms with Crippen LogP contribution in [0.5, 0.6) is 0 Å². The molecule has 0 atom stereocenters. The fourth-order valence-corrected chi connectivity index (χ4v) is 1.02. The van der Waals surface area contributed by atoms with E-state index in [0.29, 0.717) is 9.88 Å². The molecule has 1 heterocycles. The molecule has 0 spiro atoms. The Kier molecular flexibility index (Phi) is 1.56. The van der Waals surface area contributed by atoms with Crippen molar-refractivity contribution >= 4 is 16.3 Å². The summed E-state index contributed by atoms with van der Waals surface area (Å²) in [5.74, 6) is 0. The average molecular weight is 138 g/mol. The van der Waals surface area contributed by atoms with Crippen LogP contribution in [0.4, 0.5) is 5.00 Å². The van der Waals surface area contributed by atoms with E-state index in [1.54, 1.807) is 6.07 Å². The van der Waals surface area contributed by atoms with Crippen LogP contribution in [0.25, 0.3) is 0 Å². The predicted octanol–water partition coefficient (Wildman–Crippen LogP) is 2.02. The van der Waals surface area contributed by atoms with E-state index in [4.69, 9.17) is 5.26 Å². The Bertz CT molecular complexity index is 260. The quantitative estimate of drug-likeness (QED) is 0.557. The first-order valence-electron chi connectivity index (χ1n) is 2.20. The smallest absolute Gasteiger partial charge is 0.162 e. The lowest BCUT2D eigenvalue weighted by Gasteiger charge is -1.68. The Hall–Kier alpha value is -1.21.